The smallest absolute Gasteiger partial charge is 0.325 e. The highest BCUT2D eigenvalue weighted by atomic mass is 15.4. The van der Waals surface area contributed by atoms with Crippen LogP contribution in [0.25, 0.3) is 5.65 Å². The quantitative estimate of drug-likeness (QED) is 0.285. The summed E-state index contributed by atoms with van der Waals surface area (Å²) >= 11 is 0. The van der Waals surface area contributed by atoms with Crippen LogP contribution >= 0.6 is 0 Å². The fourth-order valence-electron chi connectivity index (χ4n) is 1.79. The third-order valence-electron chi connectivity index (χ3n) is 2.84. The summed E-state index contributed by atoms with van der Waals surface area (Å²) in [6, 6.07) is 11.2. The number of hydrogen-bond acceptors (Lipinski definition) is 5. The molecule has 4 N–H and O–H groups in total. The Hall–Kier alpha value is -2.96. The van der Waals surface area contributed by atoms with Crippen LogP contribution in [-0.4, -0.2) is 21.0 Å². The Morgan fingerprint density at radius 2 is 2.25 bits per heavy atom. The third-order valence-corrected chi connectivity index (χ3v) is 2.84. The van der Waals surface area contributed by atoms with Gasteiger partial charge in [-0.2, -0.15) is 5.10 Å². The van der Waals surface area contributed by atoms with Crippen molar-refractivity contribution < 1.29 is 4.52 Å². The number of nitrogens with one attached hydrogen (secondary N) is 2. The highest BCUT2D eigenvalue weighted by Crippen LogP contribution is 2.08. The standard InChI is InChI=1S/C13H13N7/c1-9(10-3-2-4-11(14)7-10)16-17-12-5-6-13-18-15-8-20(13)19-12/h2-8H,14H2,1H3,(H,17,19)/p+1/b16-9+. The maximum atomic E-state index is 5.75. The van der Waals surface area contributed by atoms with Gasteiger partial charge < -0.3 is 5.73 Å². The van der Waals surface area contributed by atoms with Gasteiger partial charge in [-0.15, -0.1) is 9.61 Å². The van der Waals surface area contributed by atoms with Gasteiger partial charge in [0.25, 0.3) is 0 Å². The van der Waals surface area contributed by atoms with E-state index in [2.05, 4.69) is 25.8 Å². The van der Waals surface area contributed by atoms with Gasteiger partial charge in [-0.3, -0.25) is 5.43 Å². The Balaban J connectivity index is 1.82. The Morgan fingerprint density at radius 1 is 1.35 bits per heavy atom. The van der Waals surface area contributed by atoms with E-state index in [0.29, 0.717) is 11.5 Å². The summed E-state index contributed by atoms with van der Waals surface area (Å²) < 4.78 is 1.63. The number of nitrogens with zero attached hydrogens (tertiary/aromatic N) is 4. The minimum absolute atomic E-state index is 0.632. The summed E-state index contributed by atoms with van der Waals surface area (Å²) in [5.74, 6) is 0.632. The zero-order valence-corrected chi connectivity index (χ0v) is 10.9. The van der Waals surface area contributed by atoms with Gasteiger partial charge in [0.05, 0.1) is 5.71 Å². The summed E-state index contributed by atoms with van der Waals surface area (Å²) in [6.07, 6.45) is 1.66. The van der Waals surface area contributed by atoms with E-state index in [1.807, 2.05) is 43.3 Å². The van der Waals surface area contributed by atoms with Crippen LogP contribution in [0.2, 0.25) is 0 Å². The number of rotatable bonds is 3. The minimum Gasteiger partial charge on any atom is -0.399 e. The van der Waals surface area contributed by atoms with E-state index in [0.717, 1.165) is 16.9 Å². The number of fused-ring (bicyclic) bond motifs is 1. The second kappa shape index (κ2) is 4.96. The first-order valence-electron chi connectivity index (χ1n) is 6.11. The summed E-state index contributed by atoms with van der Waals surface area (Å²) in [5, 5.41) is 15.3. The van der Waals surface area contributed by atoms with E-state index in [1.165, 1.54) is 0 Å². The molecule has 2 heterocycles. The second-order valence-electron chi connectivity index (χ2n) is 4.33. The fourth-order valence-corrected chi connectivity index (χ4v) is 1.79. The van der Waals surface area contributed by atoms with Crippen molar-refractivity contribution in [2.45, 2.75) is 6.92 Å². The predicted octanol–water partition coefficient (Wildman–Crippen LogP) is 0.962. The van der Waals surface area contributed by atoms with Crippen molar-refractivity contribution in [3.8, 4) is 0 Å². The highest BCUT2D eigenvalue weighted by molar-refractivity contribution is 5.99. The van der Waals surface area contributed by atoms with Gasteiger partial charge in [0.15, 0.2) is 5.82 Å². The van der Waals surface area contributed by atoms with Gasteiger partial charge in [-0.1, -0.05) is 17.2 Å². The van der Waals surface area contributed by atoms with Gasteiger partial charge in [0.2, 0.25) is 6.33 Å². The van der Waals surface area contributed by atoms with Crippen LogP contribution in [-0.2, 0) is 0 Å². The van der Waals surface area contributed by atoms with Crippen LogP contribution in [0.1, 0.15) is 12.5 Å². The monoisotopic (exact) mass is 268 g/mol. The van der Waals surface area contributed by atoms with Gasteiger partial charge in [-0.25, -0.2) is 0 Å². The van der Waals surface area contributed by atoms with E-state index in [-0.39, 0.29) is 0 Å². The van der Waals surface area contributed by atoms with E-state index >= 15 is 0 Å². The van der Waals surface area contributed by atoms with Crippen molar-refractivity contribution in [3.63, 3.8) is 0 Å². The van der Waals surface area contributed by atoms with Crippen LogP contribution in [0, 0.1) is 0 Å². The lowest BCUT2D eigenvalue weighted by molar-refractivity contribution is -0.579. The van der Waals surface area contributed by atoms with Gasteiger partial charge in [0, 0.05) is 16.9 Å². The van der Waals surface area contributed by atoms with Crippen LogP contribution in [0.5, 0.6) is 0 Å². The van der Waals surface area contributed by atoms with E-state index in [9.17, 15) is 0 Å². The maximum absolute atomic E-state index is 5.75. The van der Waals surface area contributed by atoms with Crippen molar-refractivity contribution in [3.05, 3.63) is 48.3 Å². The second-order valence-corrected chi connectivity index (χ2v) is 4.33. The number of aromatic nitrogens is 4. The number of nitrogen functional groups attached to an aromatic ring is 1. The molecule has 1 aromatic carbocycles. The molecule has 0 amide bonds. The van der Waals surface area contributed by atoms with Crippen LogP contribution in [0.4, 0.5) is 11.5 Å². The summed E-state index contributed by atoms with van der Waals surface area (Å²) in [6.45, 7) is 1.91. The first-order valence-corrected chi connectivity index (χ1v) is 6.11. The lowest BCUT2D eigenvalue weighted by Gasteiger charge is -2.03. The Labute approximate surface area is 115 Å². The average molecular weight is 268 g/mol. The molecular formula is C13H14N7+. The van der Waals surface area contributed by atoms with Crippen molar-refractivity contribution in [2.24, 2.45) is 5.10 Å². The molecule has 0 saturated heterocycles. The first kappa shape index (κ1) is 12.1. The number of anilines is 2. The minimum atomic E-state index is 0.632. The Morgan fingerprint density at radius 3 is 3.10 bits per heavy atom. The summed E-state index contributed by atoms with van der Waals surface area (Å²) in [4.78, 5) is 0. The molecule has 3 rings (SSSR count). The molecular weight excluding hydrogens is 254 g/mol. The zero-order valence-electron chi connectivity index (χ0n) is 10.9. The maximum Gasteiger partial charge on any atom is 0.325 e. The lowest BCUT2D eigenvalue weighted by atomic mass is 10.1. The van der Waals surface area contributed by atoms with Crippen molar-refractivity contribution in [2.75, 3.05) is 11.2 Å². The molecule has 0 aliphatic rings. The molecule has 7 nitrogen and oxygen atoms in total. The molecule has 2 aromatic heterocycles. The predicted molar refractivity (Wildman–Crippen MR) is 76.2 cm³/mol. The highest BCUT2D eigenvalue weighted by Gasteiger charge is 2.05. The molecule has 0 spiro atoms. The van der Waals surface area contributed by atoms with E-state index in [1.54, 1.807) is 10.8 Å². The summed E-state index contributed by atoms with van der Waals surface area (Å²) in [7, 11) is 0. The van der Waals surface area contributed by atoms with E-state index in [4.69, 9.17) is 5.73 Å². The fraction of sp³-hybridized carbons (Fsp3) is 0.0769. The summed E-state index contributed by atoms with van der Waals surface area (Å²) in [5.41, 5.74) is 11.9. The van der Waals surface area contributed by atoms with Crippen molar-refractivity contribution >= 4 is 22.9 Å². The Kier molecular flexibility index (Phi) is 3.00. The molecule has 0 radical (unpaired) electrons. The number of hydrogen-bond donors (Lipinski definition) is 3. The molecule has 0 aliphatic carbocycles. The molecule has 3 aromatic rings. The van der Waals surface area contributed by atoms with Crippen LogP contribution in [0.15, 0.2) is 47.8 Å². The number of nitrogens with two attached hydrogens (primary N) is 1. The molecule has 0 bridgehead atoms. The average Bonchev–Trinajstić information content (AvgIpc) is 2.92. The molecule has 0 fully saturated rings. The number of hydrazone groups is 1. The third kappa shape index (κ3) is 2.41. The number of aromatic amines is 1. The largest absolute Gasteiger partial charge is 0.399 e. The molecule has 0 saturated carbocycles. The number of benzene rings is 1. The van der Waals surface area contributed by atoms with Gasteiger partial charge in [0.1, 0.15) is 0 Å². The first-order chi connectivity index (χ1) is 9.72. The molecule has 0 atom stereocenters. The van der Waals surface area contributed by atoms with Crippen LogP contribution in [0.3, 0.4) is 0 Å². The van der Waals surface area contributed by atoms with Crippen LogP contribution < -0.4 is 15.7 Å². The number of H-pyrrole nitrogens is 1. The van der Waals surface area contributed by atoms with Crippen molar-refractivity contribution in [1.29, 1.82) is 0 Å². The van der Waals surface area contributed by atoms with Crippen molar-refractivity contribution in [1.82, 2.24) is 15.3 Å². The molecule has 0 unspecified atom stereocenters. The van der Waals surface area contributed by atoms with Gasteiger partial charge >= 0.3 is 5.65 Å². The molecule has 0 aliphatic heterocycles. The molecule has 20 heavy (non-hydrogen) atoms. The topological polar surface area (TPSA) is 96.1 Å². The SMILES string of the molecule is C/C(=N\Nc1ccc2n[nH]c[n+]2n1)c1cccc(N)c1. The normalized spacial score (nSPS) is 11.8. The van der Waals surface area contributed by atoms with Gasteiger partial charge in [-0.05, 0) is 30.7 Å². The van der Waals surface area contributed by atoms with E-state index < -0.39 is 0 Å². The lowest BCUT2D eigenvalue weighted by Crippen LogP contribution is -2.24. The zero-order chi connectivity index (χ0) is 13.9. The molecule has 100 valence electrons. The molecule has 7 heteroatoms. The Bertz CT molecular complexity index is 775.